The zero-order chi connectivity index (χ0) is 16.2. The van der Waals surface area contributed by atoms with Gasteiger partial charge in [0.05, 0.1) is 6.54 Å². The Hall–Kier alpha value is -2.15. The van der Waals surface area contributed by atoms with Crippen molar-refractivity contribution in [2.45, 2.75) is 18.9 Å². The summed E-state index contributed by atoms with van der Waals surface area (Å²) in [4.78, 5) is 27.5. The van der Waals surface area contributed by atoms with Gasteiger partial charge >= 0.3 is 6.03 Å². The molecule has 1 aromatic rings. The lowest BCUT2D eigenvalue weighted by molar-refractivity contribution is -0.121. The highest BCUT2D eigenvalue weighted by molar-refractivity contribution is 5.95. The van der Waals surface area contributed by atoms with E-state index in [1.54, 1.807) is 12.1 Å². The number of nitrogens with zero attached hydrogens (tertiary/aromatic N) is 2. The average Bonchev–Trinajstić information content (AvgIpc) is 3.32. The summed E-state index contributed by atoms with van der Waals surface area (Å²) in [6.45, 7) is 3.22. The molecule has 3 amide bonds. The number of urea groups is 1. The molecule has 2 fully saturated rings. The molecule has 0 aromatic heterocycles. The van der Waals surface area contributed by atoms with Gasteiger partial charge in [-0.1, -0.05) is 0 Å². The van der Waals surface area contributed by atoms with Crippen molar-refractivity contribution < 1.29 is 14.0 Å². The first-order chi connectivity index (χ1) is 11.1. The summed E-state index contributed by atoms with van der Waals surface area (Å²) in [7, 11) is 0. The highest BCUT2D eigenvalue weighted by atomic mass is 19.1. The van der Waals surface area contributed by atoms with Gasteiger partial charge in [-0.15, -0.1) is 0 Å². The summed E-state index contributed by atoms with van der Waals surface area (Å²) in [6.07, 6.45) is 1.99. The molecule has 2 aliphatic rings. The Morgan fingerprint density at radius 3 is 2.35 bits per heavy atom. The number of anilines is 1. The highest BCUT2D eigenvalue weighted by Crippen LogP contribution is 2.18. The maximum Gasteiger partial charge on any atom is 0.321 e. The van der Waals surface area contributed by atoms with Gasteiger partial charge < -0.3 is 10.2 Å². The fourth-order valence-corrected chi connectivity index (χ4v) is 2.63. The van der Waals surface area contributed by atoms with E-state index >= 15 is 0 Å². The maximum atomic E-state index is 12.9. The molecule has 6 nitrogen and oxygen atoms in total. The van der Waals surface area contributed by atoms with Crippen LogP contribution in [0.25, 0.3) is 0 Å². The van der Waals surface area contributed by atoms with Crippen molar-refractivity contribution in [3.63, 3.8) is 0 Å². The van der Waals surface area contributed by atoms with Crippen molar-refractivity contribution in [2.24, 2.45) is 0 Å². The molecule has 1 aliphatic heterocycles. The zero-order valence-electron chi connectivity index (χ0n) is 12.9. The molecule has 1 aliphatic carbocycles. The van der Waals surface area contributed by atoms with Crippen LogP contribution in [-0.2, 0) is 4.79 Å². The van der Waals surface area contributed by atoms with Crippen LogP contribution in [-0.4, -0.2) is 55.6 Å². The molecule has 1 saturated heterocycles. The summed E-state index contributed by atoms with van der Waals surface area (Å²) in [6, 6.07) is 6.27. The van der Waals surface area contributed by atoms with Gasteiger partial charge in [0.1, 0.15) is 5.82 Å². The summed E-state index contributed by atoms with van der Waals surface area (Å²) in [5.41, 5.74) is 0.985. The first-order valence-electron chi connectivity index (χ1n) is 7.93. The third-order valence-corrected chi connectivity index (χ3v) is 4.10. The second-order valence-corrected chi connectivity index (χ2v) is 6.04. The van der Waals surface area contributed by atoms with Crippen LogP contribution in [0.5, 0.6) is 0 Å². The standard InChI is InChI=1S/C16H21FN4O2/c17-12-1-5-14(6-2-12)21-9-7-20(8-10-21)11-15(22)19-16(23)18-13-3-4-13/h1-2,5-6,13H,3-4,7-11H2,(H2,18,19,22,23). The summed E-state index contributed by atoms with van der Waals surface area (Å²) in [5.74, 6) is -0.521. The highest BCUT2D eigenvalue weighted by Gasteiger charge is 2.25. The molecular formula is C16H21FN4O2. The van der Waals surface area contributed by atoms with Crippen molar-refractivity contribution in [1.29, 1.82) is 0 Å². The smallest absolute Gasteiger partial charge is 0.321 e. The second kappa shape index (κ2) is 6.95. The summed E-state index contributed by atoms with van der Waals surface area (Å²) in [5, 5.41) is 5.09. The number of imide groups is 1. The molecule has 0 atom stereocenters. The van der Waals surface area contributed by atoms with Crippen molar-refractivity contribution in [3.8, 4) is 0 Å². The topological polar surface area (TPSA) is 64.7 Å². The Bertz CT molecular complexity index is 566. The molecule has 3 rings (SSSR count). The van der Waals surface area contributed by atoms with Gasteiger partial charge in [-0.2, -0.15) is 0 Å². The van der Waals surface area contributed by atoms with Gasteiger partial charge in [-0.25, -0.2) is 9.18 Å². The van der Waals surface area contributed by atoms with Crippen LogP contribution in [0.3, 0.4) is 0 Å². The van der Waals surface area contributed by atoms with E-state index in [-0.39, 0.29) is 24.3 Å². The Morgan fingerprint density at radius 2 is 1.74 bits per heavy atom. The molecule has 23 heavy (non-hydrogen) atoms. The minimum absolute atomic E-state index is 0.218. The Kier molecular flexibility index (Phi) is 4.76. The normalized spacial score (nSPS) is 18.6. The monoisotopic (exact) mass is 320 g/mol. The number of carbonyl (C=O) groups excluding carboxylic acids is 2. The van der Waals surface area contributed by atoms with Crippen molar-refractivity contribution in [3.05, 3.63) is 30.1 Å². The Labute approximate surface area is 134 Å². The maximum absolute atomic E-state index is 12.9. The van der Waals surface area contributed by atoms with E-state index in [0.717, 1.165) is 44.7 Å². The third-order valence-electron chi connectivity index (χ3n) is 4.10. The van der Waals surface area contributed by atoms with Gasteiger partial charge in [0.25, 0.3) is 0 Å². The number of amides is 3. The molecule has 0 bridgehead atoms. The lowest BCUT2D eigenvalue weighted by Gasteiger charge is -2.35. The average molecular weight is 320 g/mol. The quantitative estimate of drug-likeness (QED) is 0.866. The molecule has 1 saturated carbocycles. The van der Waals surface area contributed by atoms with Crippen LogP contribution in [0, 0.1) is 5.82 Å². The second-order valence-electron chi connectivity index (χ2n) is 6.04. The molecule has 1 aromatic carbocycles. The van der Waals surface area contributed by atoms with Crippen molar-refractivity contribution in [2.75, 3.05) is 37.6 Å². The number of halogens is 1. The van der Waals surface area contributed by atoms with Crippen LogP contribution in [0.4, 0.5) is 14.9 Å². The summed E-state index contributed by atoms with van der Waals surface area (Å²) < 4.78 is 12.9. The van der Waals surface area contributed by atoms with Gasteiger partial charge in [0, 0.05) is 37.9 Å². The fourth-order valence-electron chi connectivity index (χ4n) is 2.63. The number of benzene rings is 1. The van der Waals surface area contributed by atoms with Gasteiger partial charge in [0.2, 0.25) is 5.91 Å². The minimum atomic E-state index is -0.401. The molecule has 1 heterocycles. The fraction of sp³-hybridized carbons (Fsp3) is 0.500. The van der Waals surface area contributed by atoms with E-state index < -0.39 is 6.03 Å². The first kappa shape index (κ1) is 15.7. The van der Waals surface area contributed by atoms with E-state index in [9.17, 15) is 14.0 Å². The lowest BCUT2D eigenvalue weighted by Crippen LogP contribution is -2.51. The van der Waals surface area contributed by atoms with E-state index in [2.05, 4.69) is 15.5 Å². The predicted octanol–water partition coefficient (Wildman–Crippen LogP) is 0.936. The molecule has 2 N–H and O–H groups in total. The van der Waals surface area contributed by atoms with Gasteiger partial charge in [0.15, 0.2) is 0 Å². The Morgan fingerprint density at radius 1 is 1.09 bits per heavy atom. The number of carbonyl (C=O) groups is 2. The zero-order valence-corrected chi connectivity index (χ0v) is 12.9. The van der Waals surface area contributed by atoms with E-state index in [0.29, 0.717) is 0 Å². The van der Waals surface area contributed by atoms with E-state index in [1.807, 2.05) is 4.90 Å². The van der Waals surface area contributed by atoms with Crippen molar-refractivity contribution in [1.82, 2.24) is 15.5 Å². The van der Waals surface area contributed by atoms with Gasteiger partial charge in [-0.3, -0.25) is 15.0 Å². The minimum Gasteiger partial charge on any atom is -0.369 e. The molecule has 124 valence electrons. The number of hydrogen-bond donors (Lipinski definition) is 2. The molecule has 0 unspecified atom stereocenters. The summed E-state index contributed by atoms with van der Waals surface area (Å²) >= 11 is 0. The van der Waals surface area contributed by atoms with Crippen LogP contribution in [0.15, 0.2) is 24.3 Å². The number of rotatable bonds is 4. The Balaban J connectivity index is 1.40. The third kappa shape index (κ3) is 4.66. The van der Waals surface area contributed by atoms with Crippen LogP contribution in [0.1, 0.15) is 12.8 Å². The number of nitrogens with one attached hydrogen (secondary N) is 2. The predicted molar refractivity (Wildman–Crippen MR) is 84.7 cm³/mol. The molecule has 7 heteroatoms. The molecule has 0 spiro atoms. The van der Waals surface area contributed by atoms with E-state index in [1.165, 1.54) is 12.1 Å². The van der Waals surface area contributed by atoms with Gasteiger partial charge in [-0.05, 0) is 37.1 Å². The number of hydrogen-bond acceptors (Lipinski definition) is 4. The lowest BCUT2D eigenvalue weighted by atomic mass is 10.2. The first-order valence-corrected chi connectivity index (χ1v) is 7.93. The largest absolute Gasteiger partial charge is 0.369 e. The van der Waals surface area contributed by atoms with Crippen LogP contribution >= 0.6 is 0 Å². The van der Waals surface area contributed by atoms with Crippen molar-refractivity contribution >= 4 is 17.6 Å². The SMILES string of the molecule is O=C(CN1CCN(c2ccc(F)cc2)CC1)NC(=O)NC1CC1. The molecule has 0 radical (unpaired) electrons. The van der Waals surface area contributed by atoms with Crippen LogP contribution < -0.4 is 15.5 Å². The number of piperazine rings is 1. The van der Waals surface area contributed by atoms with Crippen LogP contribution in [0.2, 0.25) is 0 Å². The van der Waals surface area contributed by atoms with E-state index in [4.69, 9.17) is 0 Å². The molecular weight excluding hydrogens is 299 g/mol.